The van der Waals surface area contributed by atoms with E-state index in [9.17, 15) is 0 Å². The van der Waals surface area contributed by atoms with Crippen LogP contribution in [0.5, 0.6) is 0 Å². The van der Waals surface area contributed by atoms with Gasteiger partial charge in [0.2, 0.25) is 0 Å². The van der Waals surface area contributed by atoms with E-state index in [1.54, 1.807) is 11.3 Å². The van der Waals surface area contributed by atoms with Crippen LogP contribution >= 0.6 is 11.3 Å². The minimum absolute atomic E-state index is 0.743. The van der Waals surface area contributed by atoms with E-state index >= 15 is 0 Å². The number of fused-ring (bicyclic) bond motifs is 3. The Balaban J connectivity index is 1.22. The van der Waals surface area contributed by atoms with Crippen molar-refractivity contribution in [3.63, 3.8) is 0 Å². The van der Waals surface area contributed by atoms with Gasteiger partial charge in [0, 0.05) is 26.6 Å². The van der Waals surface area contributed by atoms with Crippen LogP contribution in [-0.4, -0.2) is 9.97 Å². The van der Waals surface area contributed by atoms with Gasteiger partial charge in [-0.1, -0.05) is 146 Å². The minimum Gasteiger partial charge on any atom is -0.227 e. The lowest BCUT2D eigenvalue weighted by molar-refractivity contribution is 1.24. The van der Waals surface area contributed by atoms with Gasteiger partial charge in [0.05, 0.1) is 5.69 Å². The average Bonchev–Trinajstić information content (AvgIpc) is 3.48. The third-order valence-corrected chi connectivity index (χ3v) is 9.02. The summed E-state index contributed by atoms with van der Waals surface area (Å²) in [4.78, 5) is 11.4. The molecule has 0 N–H and O–H groups in total. The molecule has 2 heterocycles. The number of rotatable bonds is 5. The van der Waals surface area contributed by atoms with Crippen molar-refractivity contribution in [3.05, 3.63) is 158 Å². The quantitative estimate of drug-likeness (QED) is 0.207. The fourth-order valence-electron chi connectivity index (χ4n) is 5.74. The molecule has 0 aliphatic carbocycles. The fraction of sp³-hybridized carbons (Fsp3) is 0. The fourth-order valence-corrected chi connectivity index (χ4v) is 6.81. The van der Waals surface area contributed by atoms with Gasteiger partial charge in [-0.05, 0) is 45.5 Å². The van der Waals surface area contributed by atoms with E-state index in [2.05, 4.69) is 152 Å². The van der Waals surface area contributed by atoms with E-state index in [0.717, 1.165) is 38.4 Å². The first-order valence-corrected chi connectivity index (χ1v) is 15.2. The predicted octanol–water partition coefficient (Wildman–Crippen LogP) is 11.2. The van der Waals surface area contributed by atoms with E-state index in [1.165, 1.54) is 37.9 Å². The van der Waals surface area contributed by atoms with Crippen LogP contribution in [0.2, 0.25) is 0 Å². The summed E-state index contributed by atoms with van der Waals surface area (Å²) >= 11 is 1.73. The Hall–Kier alpha value is -5.38. The van der Waals surface area contributed by atoms with Gasteiger partial charge >= 0.3 is 0 Å². The normalized spacial score (nSPS) is 11.3. The molecule has 2 nitrogen and oxygen atoms in total. The summed E-state index contributed by atoms with van der Waals surface area (Å²) in [5, 5.41) is 2.31. The van der Waals surface area contributed by atoms with Gasteiger partial charge in [-0.25, -0.2) is 9.97 Å². The van der Waals surface area contributed by atoms with Crippen molar-refractivity contribution in [2.24, 2.45) is 0 Å². The van der Waals surface area contributed by atoms with Gasteiger partial charge in [0.25, 0.3) is 0 Å². The Kier molecular flexibility index (Phi) is 6.36. The van der Waals surface area contributed by atoms with E-state index < -0.39 is 0 Å². The van der Waals surface area contributed by atoms with Crippen molar-refractivity contribution < 1.29 is 0 Å². The number of benzene rings is 6. The molecule has 0 spiro atoms. The van der Waals surface area contributed by atoms with Crippen LogP contribution in [0.1, 0.15) is 0 Å². The molecule has 0 saturated carbocycles. The predicted molar refractivity (Wildman–Crippen MR) is 182 cm³/mol. The molecule has 6 aromatic carbocycles. The van der Waals surface area contributed by atoms with Crippen LogP contribution in [0.3, 0.4) is 0 Å². The molecule has 0 aliphatic heterocycles. The summed E-state index contributed by atoms with van der Waals surface area (Å²) in [6.07, 6.45) is 0. The maximum Gasteiger partial charge on any atom is 0.161 e. The number of thiophene rings is 1. The van der Waals surface area contributed by atoms with Gasteiger partial charge < -0.3 is 0 Å². The molecule has 0 radical (unpaired) electrons. The van der Waals surface area contributed by atoms with E-state index in [0.29, 0.717) is 0 Å². The lowest BCUT2D eigenvalue weighted by Crippen LogP contribution is -1.94. The highest BCUT2D eigenvalue weighted by Crippen LogP contribution is 2.40. The lowest BCUT2D eigenvalue weighted by atomic mass is 9.98. The second-order valence-electron chi connectivity index (χ2n) is 10.6. The molecule has 0 bridgehead atoms. The largest absolute Gasteiger partial charge is 0.227 e. The molecule has 0 saturated heterocycles. The van der Waals surface area contributed by atoms with Crippen LogP contribution < -0.4 is 0 Å². The molecule has 0 atom stereocenters. The summed E-state index contributed by atoms with van der Waals surface area (Å²) in [6, 6.07) is 55.6. The maximum absolute atomic E-state index is 5.24. The van der Waals surface area contributed by atoms with Gasteiger partial charge in [0.1, 0.15) is 4.83 Å². The Morgan fingerprint density at radius 3 is 1.51 bits per heavy atom. The second-order valence-corrected chi connectivity index (χ2v) is 11.7. The summed E-state index contributed by atoms with van der Waals surface area (Å²) in [7, 11) is 0. The highest BCUT2D eigenvalue weighted by Gasteiger charge is 2.17. The van der Waals surface area contributed by atoms with Crippen molar-refractivity contribution in [1.29, 1.82) is 0 Å². The summed E-state index contributed by atoms with van der Waals surface area (Å²) < 4.78 is 1.22. The maximum atomic E-state index is 5.24. The Bertz CT molecular complexity index is 2200. The molecule has 43 heavy (non-hydrogen) atoms. The van der Waals surface area contributed by atoms with Crippen LogP contribution in [-0.2, 0) is 0 Å². The average molecular weight is 567 g/mol. The van der Waals surface area contributed by atoms with Crippen LogP contribution in [0.15, 0.2) is 158 Å². The van der Waals surface area contributed by atoms with Gasteiger partial charge in [-0.3, -0.25) is 0 Å². The molecule has 0 amide bonds. The summed E-state index contributed by atoms with van der Waals surface area (Å²) in [5.41, 5.74) is 10.2. The van der Waals surface area contributed by atoms with Crippen LogP contribution in [0, 0.1) is 0 Å². The third kappa shape index (κ3) is 4.80. The highest BCUT2D eigenvalue weighted by molar-refractivity contribution is 7.25. The van der Waals surface area contributed by atoms with Crippen LogP contribution in [0.25, 0.3) is 76.3 Å². The second kappa shape index (κ2) is 10.8. The third-order valence-electron chi connectivity index (χ3n) is 7.95. The van der Waals surface area contributed by atoms with Crippen molar-refractivity contribution in [1.82, 2.24) is 9.97 Å². The standard InChI is InChI=1S/C40H26N2S/c1-3-10-27(11-4-1)29-18-20-30(21-19-29)31-22-24-32(25-23-31)38-37-35-16-7-8-17-36(35)43-40(37)42-39(41-38)34-15-9-14-33(26-34)28-12-5-2-6-13-28/h1-26H. The molecule has 0 fully saturated rings. The van der Waals surface area contributed by atoms with E-state index in [1.807, 2.05) is 6.07 Å². The summed E-state index contributed by atoms with van der Waals surface area (Å²) in [6.45, 7) is 0. The van der Waals surface area contributed by atoms with Crippen molar-refractivity contribution in [3.8, 4) is 56.0 Å². The first kappa shape index (κ1) is 25.3. The van der Waals surface area contributed by atoms with Gasteiger partial charge in [0.15, 0.2) is 5.82 Å². The Morgan fingerprint density at radius 2 is 0.860 bits per heavy atom. The number of hydrogen-bond donors (Lipinski definition) is 0. The monoisotopic (exact) mass is 566 g/mol. The van der Waals surface area contributed by atoms with E-state index in [-0.39, 0.29) is 0 Å². The topological polar surface area (TPSA) is 25.8 Å². The van der Waals surface area contributed by atoms with Crippen molar-refractivity contribution >= 4 is 31.6 Å². The zero-order valence-corrected chi connectivity index (χ0v) is 24.1. The molecular weight excluding hydrogens is 541 g/mol. The van der Waals surface area contributed by atoms with Crippen molar-refractivity contribution in [2.75, 3.05) is 0 Å². The molecule has 3 heteroatoms. The molecule has 2 aromatic heterocycles. The number of nitrogens with zero attached hydrogens (tertiary/aromatic N) is 2. The number of hydrogen-bond acceptors (Lipinski definition) is 3. The SMILES string of the molecule is c1ccc(-c2ccc(-c3ccc(-c4nc(-c5cccc(-c6ccccc6)c5)nc5sc6ccccc6c45)cc3)cc2)cc1. The first-order valence-electron chi connectivity index (χ1n) is 14.4. The summed E-state index contributed by atoms with van der Waals surface area (Å²) in [5.74, 6) is 0.743. The molecule has 8 aromatic rings. The van der Waals surface area contributed by atoms with Crippen LogP contribution in [0.4, 0.5) is 0 Å². The molecular formula is C40H26N2S. The molecule has 202 valence electrons. The van der Waals surface area contributed by atoms with Crippen molar-refractivity contribution in [2.45, 2.75) is 0 Å². The van der Waals surface area contributed by atoms with Gasteiger partial charge in [-0.15, -0.1) is 11.3 Å². The van der Waals surface area contributed by atoms with E-state index in [4.69, 9.17) is 9.97 Å². The Labute approximate surface area is 254 Å². The highest BCUT2D eigenvalue weighted by atomic mass is 32.1. The zero-order chi connectivity index (χ0) is 28.6. The zero-order valence-electron chi connectivity index (χ0n) is 23.3. The molecule has 0 unspecified atom stereocenters. The molecule has 8 rings (SSSR count). The lowest BCUT2D eigenvalue weighted by Gasteiger charge is -2.10. The minimum atomic E-state index is 0.743. The Morgan fingerprint density at radius 1 is 0.372 bits per heavy atom. The number of aromatic nitrogens is 2. The first-order chi connectivity index (χ1) is 21.3. The van der Waals surface area contributed by atoms with Gasteiger partial charge in [-0.2, -0.15) is 0 Å². The smallest absolute Gasteiger partial charge is 0.161 e. The molecule has 0 aliphatic rings.